The van der Waals surface area contributed by atoms with Crippen LogP contribution in [-0.2, 0) is 0 Å². The van der Waals surface area contributed by atoms with Crippen molar-refractivity contribution >= 4 is 23.1 Å². The molecule has 0 aromatic heterocycles. The van der Waals surface area contributed by atoms with Gasteiger partial charge in [0.15, 0.2) is 6.29 Å². The lowest BCUT2D eigenvalue weighted by atomic mass is 9.99. The van der Waals surface area contributed by atoms with Crippen molar-refractivity contribution < 1.29 is 4.79 Å². The van der Waals surface area contributed by atoms with Gasteiger partial charge in [-0.1, -0.05) is 48.6 Å². The molecule has 86 valence electrons. The van der Waals surface area contributed by atoms with E-state index in [1.165, 1.54) is 0 Å². The number of aldehydes is 1. The second-order valence-corrected chi connectivity index (χ2v) is 3.89. The summed E-state index contributed by atoms with van der Waals surface area (Å²) in [5.74, 6) is 0. The number of carbonyl (C=O) groups excluding carboxylic acids is 1. The molecule has 0 spiro atoms. The fraction of sp³-hybridized carbons (Fsp3) is 0.133. The first-order valence-corrected chi connectivity index (χ1v) is 5.70. The summed E-state index contributed by atoms with van der Waals surface area (Å²) < 4.78 is 0. The van der Waals surface area contributed by atoms with Crippen molar-refractivity contribution in [3.8, 4) is 0 Å². The van der Waals surface area contributed by atoms with Gasteiger partial charge in [0.05, 0.1) is 0 Å². The molecule has 2 rings (SSSR count). The van der Waals surface area contributed by atoms with Gasteiger partial charge in [-0.05, 0) is 29.3 Å². The minimum absolute atomic E-state index is 0.623. The summed E-state index contributed by atoms with van der Waals surface area (Å²) >= 11 is 0. The van der Waals surface area contributed by atoms with Crippen LogP contribution in [0.3, 0.4) is 0 Å². The molecule has 17 heavy (non-hydrogen) atoms. The summed E-state index contributed by atoms with van der Waals surface area (Å²) in [6, 6.07) is 11.9. The van der Waals surface area contributed by atoms with E-state index >= 15 is 0 Å². The van der Waals surface area contributed by atoms with Crippen molar-refractivity contribution in [2.45, 2.75) is 6.42 Å². The first-order valence-electron chi connectivity index (χ1n) is 5.70. The van der Waals surface area contributed by atoms with Crippen LogP contribution in [0.4, 0.5) is 0 Å². The van der Waals surface area contributed by atoms with Gasteiger partial charge in [-0.25, -0.2) is 0 Å². The van der Waals surface area contributed by atoms with E-state index in [1.54, 1.807) is 0 Å². The van der Waals surface area contributed by atoms with Gasteiger partial charge >= 0.3 is 0 Å². The van der Waals surface area contributed by atoms with Gasteiger partial charge in [-0.2, -0.15) is 0 Å². The third kappa shape index (κ3) is 2.43. The fourth-order valence-electron chi connectivity index (χ4n) is 1.90. The number of hydrogen-bond donors (Lipinski definition) is 1. The summed E-state index contributed by atoms with van der Waals surface area (Å²) in [7, 11) is 0. The molecule has 0 heterocycles. The maximum absolute atomic E-state index is 11.0. The Morgan fingerprint density at radius 2 is 1.94 bits per heavy atom. The summed E-state index contributed by atoms with van der Waals surface area (Å²) in [6.07, 6.45) is 5.71. The lowest BCUT2D eigenvalue weighted by Gasteiger charge is -2.05. The van der Waals surface area contributed by atoms with Crippen molar-refractivity contribution in [2.24, 2.45) is 5.73 Å². The minimum atomic E-state index is 0.623. The van der Waals surface area contributed by atoms with E-state index in [1.807, 2.05) is 48.6 Å². The molecule has 2 nitrogen and oxygen atoms in total. The molecule has 0 saturated carbocycles. The van der Waals surface area contributed by atoms with Gasteiger partial charge in [0.25, 0.3) is 0 Å². The predicted octanol–water partition coefficient (Wildman–Crippen LogP) is 3.01. The quantitative estimate of drug-likeness (QED) is 0.813. The van der Waals surface area contributed by atoms with Crippen LogP contribution in [-0.4, -0.2) is 12.8 Å². The second-order valence-electron chi connectivity index (χ2n) is 3.89. The molecule has 0 aliphatic heterocycles. The maximum Gasteiger partial charge on any atom is 0.150 e. The summed E-state index contributed by atoms with van der Waals surface area (Å²) in [6.45, 7) is 0.623. The smallest absolute Gasteiger partial charge is 0.150 e. The maximum atomic E-state index is 11.0. The first-order chi connectivity index (χ1) is 8.36. The lowest BCUT2D eigenvalue weighted by Crippen LogP contribution is -1.95. The molecule has 0 fully saturated rings. The van der Waals surface area contributed by atoms with Crippen LogP contribution in [0.5, 0.6) is 0 Å². The highest BCUT2D eigenvalue weighted by molar-refractivity contribution is 5.98. The highest BCUT2D eigenvalue weighted by Crippen LogP contribution is 2.23. The average molecular weight is 225 g/mol. The van der Waals surface area contributed by atoms with Crippen LogP contribution >= 0.6 is 0 Å². The number of rotatable bonds is 4. The normalized spacial score (nSPS) is 11.1. The molecule has 0 amide bonds. The van der Waals surface area contributed by atoms with Crippen LogP contribution in [0, 0.1) is 0 Å². The lowest BCUT2D eigenvalue weighted by molar-refractivity contribution is 0.112. The predicted molar refractivity (Wildman–Crippen MR) is 72.0 cm³/mol. The van der Waals surface area contributed by atoms with E-state index in [2.05, 4.69) is 0 Å². The van der Waals surface area contributed by atoms with Crippen molar-refractivity contribution in [1.82, 2.24) is 0 Å². The number of benzene rings is 2. The highest BCUT2D eigenvalue weighted by Gasteiger charge is 2.03. The number of nitrogens with two attached hydrogens (primary N) is 1. The van der Waals surface area contributed by atoms with Gasteiger partial charge in [-0.3, -0.25) is 4.79 Å². The zero-order valence-corrected chi connectivity index (χ0v) is 9.60. The van der Waals surface area contributed by atoms with E-state index in [0.29, 0.717) is 6.54 Å². The Balaban J connectivity index is 2.58. The molecule has 0 aliphatic carbocycles. The zero-order valence-electron chi connectivity index (χ0n) is 9.60. The Bertz CT molecular complexity index is 558. The molecular formula is C15H15NO. The number of fused-ring (bicyclic) bond motifs is 1. The summed E-state index contributed by atoms with van der Waals surface area (Å²) in [5.41, 5.74) is 7.15. The van der Waals surface area contributed by atoms with Crippen LogP contribution in [0.2, 0.25) is 0 Å². The second kappa shape index (κ2) is 5.41. The molecular weight excluding hydrogens is 210 g/mol. The fourth-order valence-corrected chi connectivity index (χ4v) is 1.90. The summed E-state index contributed by atoms with van der Waals surface area (Å²) in [4.78, 5) is 11.0. The van der Waals surface area contributed by atoms with Gasteiger partial charge in [-0.15, -0.1) is 0 Å². The molecule has 2 aromatic rings. The van der Waals surface area contributed by atoms with Crippen LogP contribution in [0.25, 0.3) is 16.8 Å². The SMILES string of the molecule is NCCC=Cc1c(C=O)ccc2ccccc12. The minimum Gasteiger partial charge on any atom is -0.330 e. The molecule has 2 aromatic carbocycles. The third-order valence-electron chi connectivity index (χ3n) is 2.75. The van der Waals surface area contributed by atoms with Crippen molar-refractivity contribution in [3.05, 3.63) is 53.6 Å². The molecule has 0 unspecified atom stereocenters. The largest absolute Gasteiger partial charge is 0.330 e. The van der Waals surface area contributed by atoms with Gasteiger partial charge < -0.3 is 5.73 Å². The Morgan fingerprint density at radius 1 is 1.12 bits per heavy atom. The van der Waals surface area contributed by atoms with Crippen LogP contribution in [0.1, 0.15) is 22.3 Å². The van der Waals surface area contributed by atoms with Gasteiger partial charge in [0.2, 0.25) is 0 Å². The van der Waals surface area contributed by atoms with E-state index in [0.717, 1.165) is 34.6 Å². The number of hydrogen-bond acceptors (Lipinski definition) is 2. The van der Waals surface area contributed by atoms with Crippen molar-refractivity contribution in [2.75, 3.05) is 6.54 Å². The van der Waals surface area contributed by atoms with E-state index in [4.69, 9.17) is 5.73 Å². The standard InChI is InChI=1S/C15H15NO/c16-10-4-3-7-15-13(11-17)9-8-12-5-1-2-6-14(12)15/h1-3,5-9,11H,4,10,16H2. The van der Waals surface area contributed by atoms with E-state index in [9.17, 15) is 4.79 Å². The Morgan fingerprint density at radius 3 is 2.71 bits per heavy atom. The molecule has 0 atom stereocenters. The Labute approximate surface area is 101 Å². The van der Waals surface area contributed by atoms with E-state index < -0.39 is 0 Å². The summed E-state index contributed by atoms with van der Waals surface area (Å²) in [5, 5.41) is 2.25. The zero-order chi connectivity index (χ0) is 12.1. The number of carbonyl (C=O) groups is 1. The topological polar surface area (TPSA) is 43.1 Å². The molecule has 0 radical (unpaired) electrons. The van der Waals surface area contributed by atoms with Gasteiger partial charge in [0.1, 0.15) is 0 Å². The molecule has 2 heteroatoms. The molecule has 0 saturated heterocycles. The monoisotopic (exact) mass is 225 g/mol. The molecule has 0 bridgehead atoms. The Hall–Kier alpha value is -1.93. The van der Waals surface area contributed by atoms with Crippen molar-refractivity contribution in [3.63, 3.8) is 0 Å². The average Bonchev–Trinajstić information content (AvgIpc) is 2.39. The highest BCUT2D eigenvalue weighted by atomic mass is 16.1. The van der Waals surface area contributed by atoms with Crippen LogP contribution < -0.4 is 5.73 Å². The van der Waals surface area contributed by atoms with Crippen molar-refractivity contribution in [1.29, 1.82) is 0 Å². The van der Waals surface area contributed by atoms with Crippen LogP contribution in [0.15, 0.2) is 42.5 Å². The van der Waals surface area contributed by atoms with Gasteiger partial charge in [0, 0.05) is 5.56 Å². The first kappa shape index (κ1) is 11.6. The third-order valence-corrected chi connectivity index (χ3v) is 2.75. The molecule has 0 aliphatic rings. The Kier molecular flexibility index (Phi) is 3.68. The van der Waals surface area contributed by atoms with E-state index in [-0.39, 0.29) is 0 Å². The molecule has 2 N–H and O–H groups in total.